The summed E-state index contributed by atoms with van der Waals surface area (Å²) in [5.41, 5.74) is 0.670. The van der Waals surface area contributed by atoms with Crippen molar-refractivity contribution in [2.24, 2.45) is 0 Å². The average molecular weight is 393 g/mol. The van der Waals surface area contributed by atoms with Crippen molar-refractivity contribution in [3.63, 3.8) is 0 Å². The standard InChI is InChI=1S/C21H22F3NO3/c1-15-20(27-2,11-12-25(15)19(26)21(22,23)24)17-9-6-10-18(13-17)28-14-16-7-4-3-5-8-16/h3-10,13,15H,11-12,14H2,1-2H3. The van der Waals surface area contributed by atoms with E-state index in [9.17, 15) is 18.0 Å². The Labute approximate surface area is 161 Å². The number of rotatable bonds is 5. The topological polar surface area (TPSA) is 38.8 Å². The largest absolute Gasteiger partial charge is 0.489 e. The van der Waals surface area contributed by atoms with Gasteiger partial charge in [0, 0.05) is 20.1 Å². The lowest BCUT2D eigenvalue weighted by molar-refractivity contribution is -0.188. The summed E-state index contributed by atoms with van der Waals surface area (Å²) in [7, 11) is 1.45. The first kappa shape index (κ1) is 20.2. The number of ether oxygens (including phenoxy) is 2. The SMILES string of the molecule is COC1(c2cccc(OCc3ccccc3)c2)CCN(C(=O)C(F)(F)F)C1C. The maximum atomic E-state index is 12.9. The fraction of sp³-hybridized carbons (Fsp3) is 0.381. The number of alkyl halides is 3. The second kappa shape index (κ2) is 7.83. The number of hydrogen-bond acceptors (Lipinski definition) is 3. The van der Waals surface area contributed by atoms with Gasteiger partial charge < -0.3 is 14.4 Å². The van der Waals surface area contributed by atoms with Gasteiger partial charge in [-0.25, -0.2) is 0 Å². The molecule has 3 rings (SSSR count). The smallest absolute Gasteiger partial charge is 0.471 e. The third-order valence-corrected chi connectivity index (χ3v) is 5.31. The molecule has 0 radical (unpaired) electrons. The number of nitrogens with zero attached hydrogens (tertiary/aromatic N) is 1. The number of carbonyl (C=O) groups excluding carboxylic acids is 1. The monoisotopic (exact) mass is 393 g/mol. The van der Waals surface area contributed by atoms with Gasteiger partial charge in [0.25, 0.3) is 0 Å². The molecule has 0 N–H and O–H groups in total. The molecule has 28 heavy (non-hydrogen) atoms. The molecule has 1 fully saturated rings. The Kier molecular flexibility index (Phi) is 5.65. The molecule has 0 bridgehead atoms. The molecular weight excluding hydrogens is 371 g/mol. The van der Waals surface area contributed by atoms with E-state index in [0.29, 0.717) is 17.9 Å². The number of hydrogen-bond donors (Lipinski definition) is 0. The molecule has 2 aromatic rings. The van der Waals surface area contributed by atoms with E-state index in [2.05, 4.69) is 0 Å². The highest BCUT2D eigenvalue weighted by molar-refractivity contribution is 5.82. The summed E-state index contributed by atoms with van der Waals surface area (Å²) in [6.45, 7) is 1.93. The van der Waals surface area contributed by atoms with Crippen LogP contribution >= 0.6 is 0 Å². The number of halogens is 3. The maximum Gasteiger partial charge on any atom is 0.471 e. The van der Waals surface area contributed by atoms with Gasteiger partial charge in [-0.3, -0.25) is 4.79 Å². The van der Waals surface area contributed by atoms with Crippen LogP contribution in [-0.4, -0.2) is 36.7 Å². The Morgan fingerprint density at radius 1 is 1.18 bits per heavy atom. The van der Waals surface area contributed by atoms with E-state index >= 15 is 0 Å². The van der Waals surface area contributed by atoms with Crippen LogP contribution in [0.25, 0.3) is 0 Å². The van der Waals surface area contributed by atoms with Crippen molar-refractivity contribution in [2.45, 2.75) is 37.8 Å². The van der Waals surface area contributed by atoms with Crippen LogP contribution in [-0.2, 0) is 21.7 Å². The Morgan fingerprint density at radius 2 is 1.89 bits per heavy atom. The van der Waals surface area contributed by atoms with Crippen LogP contribution in [0.4, 0.5) is 13.2 Å². The van der Waals surface area contributed by atoms with Gasteiger partial charge in [-0.1, -0.05) is 42.5 Å². The minimum absolute atomic E-state index is 0.0253. The van der Waals surface area contributed by atoms with E-state index in [4.69, 9.17) is 9.47 Å². The normalized spacial score (nSPS) is 22.3. The van der Waals surface area contributed by atoms with Crippen LogP contribution in [0.3, 0.4) is 0 Å². The Morgan fingerprint density at radius 3 is 2.54 bits per heavy atom. The molecule has 0 spiro atoms. The fourth-order valence-corrected chi connectivity index (χ4v) is 3.75. The van der Waals surface area contributed by atoms with Crippen molar-refractivity contribution >= 4 is 5.91 Å². The van der Waals surface area contributed by atoms with Gasteiger partial charge in [-0.15, -0.1) is 0 Å². The van der Waals surface area contributed by atoms with Gasteiger partial charge in [0.15, 0.2) is 0 Å². The van der Waals surface area contributed by atoms with Crippen LogP contribution in [0.15, 0.2) is 54.6 Å². The molecule has 0 saturated carbocycles. The minimum atomic E-state index is -4.90. The first-order valence-electron chi connectivity index (χ1n) is 8.98. The van der Waals surface area contributed by atoms with Crippen LogP contribution in [0, 0.1) is 0 Å². The molecule has 0 aromatic heterocycles. The van der Waals surface area contributed by atoms with Gasteiger partial charge in [-0.05, 0) is 30.2 Å². The zero-order valence-electron chi connectivity index (χ0n) is 15.7. The zero-order chi connectivity index (χ0) is 20.4. The van der Waals surface area contributed by atoms with Gasteiger partial charge in [0.05, 0.1) is 6.04 Å². The third-order valence-electron chi connectivity index (χ3n) is 5.31. The average Bonchev–Trinajstić information content (AvgIpc) is 3.03. The molecule has 150 valence electrons. The van der Waals surface area contributed by atoms with Crippen molar-refractivity contribution < 1.29 is 27.4 Å². The third kappa shape index (κ3) is 3.85. The first-order valence-corrected chi connectivity index (χ1v) is 8.98. The number of likely N-dealkylation sites (tertiary alicyclic amines) is 1. The predicted octanol–water partition coefficient (Wildman–Crippen LogP) is 4.29. The van der Waals surface area contributed by atoms with Crippen molar-refractivity contribution in [1.29, 1.82) is 0 Å². The molecule has 1 amide bonds. The summed E-state index contributed by atoms with van der Waals surface area (Å²) in [5, 5.41) is 0. The molecule has 1 saturated heterocycles. The van der Waals surface area contributed by atoms with Crippen LogP contribution in [0.2, 0.25) is 0 Å². The summed E-state index contributed by atoms with van der Waals surface area (Å²) in [6.07, 6.45) is -4.63. The quantitative estimate of drug-likeness (QED) is 0.761. The lowest BCUT2D eigenvalue weighted by Crippen LogP contribution is -2.48. The molecule has 2 aromatic carbocycles. The molecule has 7 heteroatoms. The van der Waals surface area contributed by atoms with Crippen molar-refractivity contribution in [1.82, 2.24) is 4.90 Å². The van der Waals surface area contributed by atoms with Crippen LogP contribution < -0.4 is 4.74 Å². The summed E-state index contributed by atoms with van der Waals surface area (Å²) >= 11 is 0. The van der Waals surface area contributed by atoms with Gasteiger partial charge >= 0.3 is 12.1 Å². The van der Waals surface area contributed by atoms with Crippen molar-refractivity contribution in [3.8, 4) is 5.75 Å². The van der Waals surface area contributed by atoms with Crippen LogP contribution in [0.5, 0.6) is 5.75 Å². The van der Waals surface area contributed by atoms with Crippen molar-refractivity contribution in [3.05, 3.63) is 65.7 Å². The summed E-state index contributed by atoms with van der Waals surface area (Å²) in [4.78, 5) is 12.6. The van der Waals surface area contributed by atoms with E-state index in [-0.39, 0.29) is 13.0 Å². The summed E-state index contributed by atoms with van der Waals surface area (Å²) in [5.74, 6) is -1.25. The second-order valence-corrected chi connectivity index (χ2v) is 6.82. The second-order valence-electron chi connectivity index (χ2n) is 6.82. The number of benzene rings is 2. The van der Waals surface area contributed by atoms with E-state index in [1.54, 1.807) is 31.2 Å². The number of methoxy groups -OCH3 is 1. The number of amides is 1. The minimum Gasteiger partial charge on any atom is -0.489 e. The van der Waals surface area contributed by atoms with Gasteiger partial charge in [-0.2, -0.15) is 13.2 Å². The Balaban J connectivity index is 1.82. The highest BCUT2D eigenvalue weighted by Crippen LogP contribution is 2.43. The molecule has 0 aliphatic carbocycles. The Bertz CT molecular complexity index is 825. The lowest BCUT2D eigenvalue weighted by Gasteiger charge is -2.35. The summed E-state index contributed by atoms with van der Waals surface area (Å²) < 4.78 is 50.2. The predicted molar refractivity (Wildman–Crippen MR) is 97.8 cm³/mol. The molecule has 2 atom stereocenters. The highest BCUT2D eigenvalue weighted by Gasteiger charge is 2.54. The molecule has 1 heterocycles. The zero-order valence-corrected chi connectivity index (χ0v) is 15.7. The fourth-order valence-electron chi connectivity index (χ4n) is 3.75. The van der Waals surface area contributed by atoms with E-state index in [1.165, 1.54) is 7.11 Å². The maximum absolute atomic E-state index is 12.9. The van der Waals surface area contributed by atoms with E-state index in [1.807, 2.05) is 30.3 Å². The van der Waals surface area contributed by atoms with Gasteiger partial charge in [0.2, 0.25) is 0 Å². The van der Waals surface area contributed by atoms with E-state index in [0.717, 1.165) is 10.5 Å². The Hall–Kier alpha value is -2.54. The molecule has 1 aliphatic rings. The highest BCUT2D eigenvalue weighted by atomic mass is 19.4. The lowest BCUT2D eigenvalue weighted by atomic mass is 9.86. The summed E-state index contributed by atoms with van der Waals surface area (Å²) in [6, 6.07) is 16.0. The number of carbonyl (C=O) groups is 1. The van der Waals surface area contributed by atoms with Crippen LogP contribution in [0.1, 0.15) is 24.5 Å². The molecule has 1 aliphatic heterocycles. The molecule has 2 unspecified atom stereocenters. The van der Waals surface area contributed by atoms with E-state index < -0.39 is 23.7 Å². The molecular formula is C21H22F3NO3. The molecule has 4 nitrogen and oxygen atoms in total. The first-order chi connectivity index (χ1) is 13.3. The van der Waals surface area contributed by atoms with Crippen molar-refractivity contribution in [2.75, 3.05) is 13.7 Å². The van der Waals surface area contributed by atoms with Gasteiger partial charge in [0.1, 0.15) is 18.0 Å².